The Morgan fingerprint density at radius 3 is 2.38 bits per heavy atom. The fraction of sp³-hybridized carbons (Fsp3) is 0.609. The molecule has 0 aromatic heterocycles. The van der Waals surface area contributed by atoms with E-state index in [1.54, 1.807) is 0 Å². The number of nitrogens with zero attached hydrogens (tertiary/aromatic N) is 1. The Bertz CT molecular complexity index is 664. The molecule has 0 radical (unpaired) electrons. The normalized spacial score (nSPS) is 23.8. The molecule has 142 valence electrons. The van der Waals surface area contributed by atoms with Crippen molar-refractivity contribution in [1.82, 2.24) is 0 Å². The van der Waals surface area contributed by atoms with Crippen LogP contribution in [-0.4, -0.2) is 25.5 Å². The molecule has 3 rings (SSSR count). The molecule has 1 aromatic rings. The summed E-state index contributed by atoms with van der Waals surface area (Å²) in [5, 5.41) is 0. The van der Waals surface area contributed by atoms with Gasteiger partial charge in [0, 0.05) is 26.2 Å². The van der Waals surface area contributed by atoms with E-state index >= 15 is 0 Å². The molecule has 1 saturated heterocycles. The molecule has 3 nitrogen and oxygen atoms in total. The predicted octanol–water partition coefficient (Wildman–Crippen LogP) is 5.29. The number of anilines is 1. The number of ether oxygens (including phenoxy) is 1. The van der Waals surface area contributed by atoms with E-state index in [1.807, 2.05) is 0 Å². The van der Waals surface area contributed by atoms with Gasteiger partial charge in [0.05, 0.1) is 6.42 Å². The number of carbonyl (C=O) groups is 1. The molecule has 0 bridgehead atoms. The molecule has 2 aliphatic rings. The monoisotopic (exact) mass is 355 g/mol. The number of ketones is 1. The first-order valence-electron chi connectivity index (χ1n) is 10.0. The van der Waals surface area contributed by atoms with Crippen molar-refractivity contribution in [2.45, 2.75) is 70.8 Å². The van der Waals surface area contributed by atoms with Crippen molar-refractivity contribution in [3.8, 4) is 0 Å². The van der Waals surface area contributed by atoms with Crippen molar-refractivity contribution in [2.24, 2.45) is 5.92 Å². The Morgan fingerprint density at radius 1 is 1.15 bits per heavy atom. The third kappa shape index (κ3) is 4.13. The van der Waals surface area contributed by atoms with E-state index in [0.29, 0.717) is 24.5 Å². The van der Waals surface area contributed by atoms with E-state index in [-0.39, 0.29) is 5.60 Å². The molecule has 1 aliphatic carbocycles. The minimum atomic E-state index is -0.293. The molecular weight excluding hydrogens is 322 g/mol. The zero-order chi connectivity index (χ0) is 18.7. The number of aryl methyl sites for hydroxylation is 1. The summed E-state index contributed by atoms with van der Waals surface area (Å²) < 4.78 is 6.62. The van der Waals surface area contributed by atoms with Crippen LogP contribution in [0.5, 0.6) is 0 Å². The Kier molecular flexibility index (Phi) is 5.74. The lowest BCUT2D eigenvalue weighted by Crippen LogP contribution is -2.45. The summed E-state index contributed by atoms with van der Waals surface area (Å²) in [5.74, 6) is 1.79. The fourth-order valence-corrected chi connectivity index (χ4v) is 4.51. The topological polar surface area (TPSA) is 29.5 Å². The molecule has 3 heteroatoms. The molecular formula is C23H33NO2. The molecule has 1 saturated carbocycles. The highest BCUT2D eigenvalue weighted by Gasteiger charge is 2.46. The average Bonchev–Trinajstić information content (AvgIpc) is 3.15. The number of rotatable bonds is 5. The zero-order valence-corrected chi connectivity index (χ0v) is 16.8. The van der Waals surface area contributed by atoms with Gasteiger partial charge in [-0.2, -0.15) is 0 Å². The Morgan fingerprint density at radius 2 is 1.81 bits per heavy atom. The van der Waals surface area contributed by atoms with Crippen LogP contribution in [0.1, 0.15) is 64.4 Å². The van der Waals surface area contributed by atoms with Crippen LogP contribution in [0.4, 0.5) is 5.69 Å². The molecule has 1 unspecified atom stereocenters. The van der Waals surface area contributed by atoms with Gasteiger partial charge in [0.2, 0.25) is 0 Å². The second kappa shape index (κ2) is 7.85. The summed E-state index contributed by atoms with van der Waals surface area (Å²) >= 11 is 0. The molecule has 1 aromatic carbocycles. The number of carbonyl (C=O) groups excluding carboxylic acids is 1. The van der Waals surface area contributed by atoms with E-state index in [4.69, 9.17) is 4.74 Å². The van der Waals surface area contributed by atoms with E-state index in [2.05, 4.69) is 57.1 Å². The average molecular weight is 356 g/mol. The largest absolute Gasteiger partial charge is 0.490 e. The molecule has 0 spiro atoms. The van der Waals surface area contributed by atoms with Crippen LogP contribution >= 0.6 is 0 Å². The van der Waals surface area contributed by atoms with Gasteiger partial charge in [0.25, 0.3) is 0 Å². The maximum atomic E-state index is 12.6. The van der Waals surface area contributed by atoms with Gasteiger partial charge in [-0.1, -0.05) is 25.0 Å². The summed E-state index contributed by atoms with van der Waals surface area (Å²) in [6.07, 6.45) is 7.90. The lowest BCUT2D eigenvalue weighted by molar-refractivity contribution is -0.139. The number of benzene rings is 1. The van der Waals surface area contributed by atoms with Crippen LogP contribution in [0.2, 0.25) is 0 Å². The van der Waals surface area contributed by atoms with Crippen LogP contribution in [0.25, 0.3) is 0 Å². The van der Waals surface area contributed by atoms with Gasteiger partial charge in [0.15, 0.2) is 0 Å². The first-order chi connectivity index (χ1) is 12.4. The molecule has 1 aliphatic heterocycles. The smallest absolute Gasteiger partial charge is 0.144 e. The first kappa shape index (κ1) is 19.0. The second-order valence-electron chi connectivity index (χ2n) is 8.52. The minimum Gasteiger partial charge on any atom is -0.490 e. The van der Waals surface area contributed by atoms with Gasteiger partial charge >= 0.3 is 0 Å². The standard InChI is InChI=1S/C23H33NO2/c1-17(2)22-15-21(25)16-23(26-22,19-7-5-6-8-19)14-13-18-9-11-20(12-10-18)24(3)4/h9-12,19H,5-8,13-16H2,1-4H3. The number of hydrogen-bond acceptors (Lipinski definition) is 3. The van der Waals surface area contributed by atoms with Gasteiger partial charge < -0.3 is 9.64 Å². The van der Waals surface area contributed by atoms with E-state index in [1.165, 1.54) is 36.9 Å². The van der Waals surface area contributed by atoms with Crippen molar-refractivity contribution < 1.29 is 9.53 Å². The number of allylic oxidation sites excluding steroid dienone is 2. The highest BCUT2D eigenvalue weighted by Crippen LogP contribution is 2.46. The quantitative estimate of drug-likeness (QED) is 0.719. The molecule has 2 fully saturated rings. The highest BCUT2D eigenvalue weighted by molar-refractivity contribution is 5.82. The second-order valence-corrected chi connectivity index (χ2v) is 8.52. The summed E-state index contributed by atoms with van der Waals surface area (Å²) in [6, 6.07) is 8.77. The molecule has 1 atom stereocenters. The maximum absolute atomic E-state index is 12.6. The molecule has 0 amide bonds. The van der Waals surface area contributed by atoms with Crippen LogP contribution in [0.15, 0.2) is 35.6 Å². The third-order valence-electron chi connectivity index (χ3n) is 6.13. The van der Waals surface area contributed by atoms with Crippen molar-refractivity contribution in [3.63, 3.8) is 0 Å². The predicted molar refractivity (Wildman–Crippen MR) is 107 cm³/mol. The highest BCUT2D eigenvalue weighted by atomic mass is 16.5. The van der Waals surface area contributed by atoms with E-state index in [9.17, 15) is 4.79 Å². The van der Waals surface area contributed by atoms with Crippen LogP contribution in [-0.2, 0) is 16.0 Å². The van der Waals surface area contributed by atoms with Crippen LogP contribution < -0.4 is 4.90 Å². The van der Waals surface area contributed by atoms with Gasteiger partial charge in [0.1, 0.15) is 17.1 Å². The van der Waals surface area contributed by atoms with Gasteiger partial charge in [-0.3, -0.25) is 4.79 Å². The van der Waals surface area contributed by atoms with E-state index in [0.717, 1.165) is 24.2 Å². The maximum Gasteiger partial charge on any atom is 0.144 e. The summed E-state index contributed by atoms with van der Waals surface area (Å²) in [7, 11) is 4.12. The lowest BCUT2D eigenvalue weighted by atomic mass is 9.75. The van der Waals surface area contributed by atoms with E-state index < -0.39 is 0 Å². The third-order valence-corrected chi connectivity index (χ3v) is 6.13. The Hall–Kier alpha value is -1.77. The van der Waals surface area contributed by atoms with Gasteiger partial charge in [-0.15, -0.1) is 0 Å². The summed E-state index contributed by atoms with van der Waals surface area (Å²) in [5.41, 5.74) is 3.40. The first-order valence-corrected chi connectivity index (χ1v) is 10.0. The summed E-state index contributed by atoms with van der Waals surface area (Å²) in [4.78, 5) is 14.7. The fourth-order valence-electron chi connectivity index (χ4n) is 4.51. The Balaban J connectivity index is 1.80. The zero-order valence-electron chi connectivity index (χ0n) is 16.8. The lowest BCUT2D eigenvalue weighted by Gasteiger charge is -2.43. The molecule has 26 heavy (non-hydrogen) atoms. The number of hydrogen-bond donors (Lipinski definition) is 0. The van der Waals surface area contributed by atoms with Crippen molar-refractivity contribution >= 4 is 11.5 Å². The van der Waals surface area contributed by atoms with Crippen molar-refractivity contribution in [2.75, 3.05) is 19.0 Å². The minimum absolute atomic E-state index is 0.293. The Labute approximate surface area is 158 Å². The van der Waals surface area contributed by atoms with Gasteiger partial charge in [-0.25, -0.2) is 0 Å². The molecule has 0 N–H and O–H groups in total. The SMILES string of the molecule is CC(C)=C1CC(=O)CC(CCc2ccc(N(C)C)cc2)(C2CCCC2)O1. The van der Waals surface area contributed by atoms with Crippen LogP contribution in [0, 0.1) is 5.92 Å². The van der Waals surface area contributed by atoms with Crippen molar-refractivity contribution in [1.29, 1.82) is 0 Å². The summed E-state index contributed by atoms with van der Waals surface area (Å²) in [6.45, 7) is 4.13. The van der Waals surface area contributed by atoms with Gasteiger partial charge in [-0.05, 0) is 68.7 Å². The molecule has 1 heterocycles. The van der Waals surface area contributed by atoms with Crippen LogP contribution in [0.3, 0.4) is 0 Å². The number of Topliss-reactive ketones (excluding diaryl/α,β-unsaturated/α-hetero) is 1. The van der Waals surface area contributed by atoms with Crippen molar-refractivity contribution in [3.05, 3.63) is 41.2 Å².